The lowest BCUT2D eigenvalue weighted by atomic mass is 9.94. The number of carboxylic acid groups (broad SMARTS) is 1. The molecule has 1 aliphatic heterocycles. The number of ether oxygens (including phenoxy) is 4. The molecule has 1 aliphatic rings. The highest BCUT2D eigenvalue weighted by Crippen LogP contribution is 2.48. The molecule has 1 fully saturated rings. The molecule has 0 saturated carbocycles. The van der Waals surface area contributed by atoms with Gasteiger partial charge in [0.05, 0.1) is 30.0 Å². The maximum Gasteiger partial charge on any atom is 0.345 e. The number of hydrogen-bond acceptors (Lipinski definition) is 12. The van der Waals surface area contributed by atoms with E-state index < -0.39 is 24.0 Å². The van der Waals surface area contributed by atoms with Crippen LogP contribution in [0.4, 0.5) is 4.39 Å². The Morgan fingerprint density at radius 3 is 2.38 bits per heavy atom. The van der Waals surface area contributed by atoms with E-state index in [1.54, 1.807) is 60.3 Å². The summed E-state index contributed by atoms with van der Waals surface area (Å²) in [5.74, 6) is -0.270. The van der Waals surface area contributed by atoms with Crippen LogP contribution < -0.4 is 18.9 Å². The van der Waals surface area contributed by atoms with Gasteiger partial charge in [-0.2, -0.15) is 0 Å². The van der Waals surface area contributed by atoms with Crippen LogP contribution in [-0.4, -0.2) is 116 Å². The summed E-state index contributed by atoms with van der Waals surface area (Å²) in [7, 11) is 3.64. The predicted octanol–water partition coefficient (Wildman–Crippen LogP) is 8.23. The van der Waals surface area contributed by atoms with Crippen LogP contribution in [0.2, 0.25) is 10.2 Å². The highest BCUT2D eigenvalue weighted by Gasteiger charge is 2.30. The molecule has 0 amide bonds. The molecule has 3 N–H and O–H groups in total. The van der Waals surface area contributed by atoms with Gasteiger partial charge in [0, 0.05) is 74.4 Å². The molecule has 0 unspecified atom stereocenters. The molecule has 14 nitrogen and oxygen atoms in total. The van der Waals surface area contributed by atoms with Crippen LogP contribution in [-0.2, 0) is 17.8 Å². The molecule has 8 rings (SSSR count). The molecular weight excluding hydrogens is 890 g/mol. The number of carboxylic acids is 1. The second-order valence-electron chi connectivity index (χ2n) is 15.9. The molecule has 4 aromatic carbocycles. The number of aliphatic hydroxyl groups is 1. The molecule has 3 aromatic heterocycles. The molecule has 0 aliphatic carbocycles. The van der Waals surface area contributed by atoms with Gasteiger partial charge in [0.1, 0.15) is 52.2 Å². The Kier molecular flexibility index (Phi) is 14.2. The minimum atomic E-state index is -1.56. The van der Waals surface area contributed by atoms with Gasteiger partial charge < -0.3 is 43.6 Å². The van der Waals surface area contributed by atoms with Crippen molar-refractivity contribution in [3.8, 4) is 62.5 Å². The topological polar surface area (TPSA) is 164 Å². The average molecular weight is 938 g/mol. The number of carbonyl (C=O) groups is 1. The molecule has 66 heavy (non-hydrogen) atoms. The van der Waals surface area contributed by atoms with Crippen molar-refractivity contribution in [2.75, 3.05) is 53.5 Å². The number of aromatic nitrogens is 4. The lowest BCUT2D eigenvalue weighted by molar-refractivity contribution is -0.145. The zero-order valence-corrected chi connectivity index (χ0v) is 37.8. The van der Waals surface area contributed by atoms with Crippen LogP contribution in [0.15, 0.2) is 104 Å². The number of halogens is 3. The van der Waals surface area contributed by atoms with E-state index in [0.717, 1.165) is 26.2 Å². The summed E-state index contributed by atoms with van der Waals surface area (Å²) >= 11 is 14.3. The molecule has 2 atom stereocenters. The summed E-state index contributed by atoms with van der Waals surface area (Å²) < 4.78 is 40.3. The van der Waals surface area contributed by atoms with Crippen LogP contribution in [0.25, 0.3) is 39.2 Å². The number of phenols is 1. The monoisotopic (exact) mass is 936 g/mol. The Hall–Kier alpha value is -6.49. The number of benzene rings is 4. The molecule has 0 spiro atoms. The van der Waals surface area contributed by atoms with Gasteiger partial charge in [-0.05, 0) is 85.3 Å². The Morgan fingerprint density at radius 2 is 1.64 bits per heavy atom. The minimum Gasteiger partial charge on any atom is -0.508 e. The van der Waals surface area contributed by atoms with Crippen molar-refractivity contribution in [2.24, 2.45) is 0 Å². The maximum absolute atomic E-state index is 14.3. The Labute approximate surface area is 390 Å². The molecule has 0 radical (unpaired) electrons. The Bertz CT molecular complexity index is 2860. The number of methoxy groups -OCH3 is 1. The standard InChI is InChI=1S/C49H47Cl2FN6O8/c1-29-36(13-15-40(44(29)50)65-35(27-59)26-57-22-20-56(2)21-23-57)43-42(30-8-10-32(52)11-9-30)46(51)58-19-18-54-48(45(43)58)66-41(49(61)62)25-31-24-34(60)12-14-38(31)64-28-33-16-17-53-47(55-33)37-6-4-5-7-39(37)63-3/h4-19,24,35,41,59-60H,20-23,25-28H2,1-3H3,(H,61,62)/t35-,41-/m1/s1. The van der Waals surface area contributed by atoms with Gasteiger partial charge in [-0.25, -0.2) is 24.1 Å². The van der Waals surface area contributed by atoms with Crippen LogP contribution >= 0.6 is 23.2 Å². The first-order valence-corrected chi connectivity index (χ1v) is 21.9. The summed E-state index contributed by atoms with van der Waals surface area (Å²) in [6.07, 6.45) is 2.29. The van der Waals surface area contributed by atoms with Gasteiger partial charge in [0.15, 0.2) is 5.82 Å². The van der Waals surface area contributed by atoms with Gasteiger partial charge >= 0.3 is 5.97 Å². The number of likely N-dealkylation sites (N-methyl/N-ethyl adjacent to an activating group) is 1. The lowest BCUT2D eigenvalue weighted by Crippen LogP contribution is -2.48. The molecule has 17 heteroatoms. The van der Waals surface area contributed by atoms with Crippen molar-refractivity contribution >= 4 is 34.7 Å². The highest BCUT2D eigenvalue weighted by molar-refractivity contribution is 6.35. The number of piperazine rings is 1. The van der Waals surface area contributed by atoms with E-state index >= 15 is 0 Å². The number of rotatable bonds is 17. The number of fused-ring (bicyclic) bond motifs is 1. The zero-order chi connectivity index (χ0) is 46.5. The first-order valence-electron chi connectivity index (χ1n) is 21.1. The Balaban J connectivity index is 1.13. The number of nitrogens with zero attached hydrogens (tertiary/aromatic N) is 6. The van der Waals surface area contributed by atoms with Gasteiger partial charge in [0.25, 0.3) is 0 Å². The summed E-state index contributed by atoms with van der Waals surface area (Å²) in [5, 5.41) is 32.1. The molecule has 4 heterocycles. The Morgan fingerprint density at radius 1 is 0.879 bits per heavy atom. The molecule has 0 bridgehead atoms. The SMILES string of the molecule is COc1ccccc1-c1nccc(COc2ccc(O)cc2C[C@@H](Oc2nccn3c(Cl)c(-c4ccc(F)cc4)c(-c4ccc(O[C@@H](CO)CN5CCN(C)CC5)c(Cl)c4C)c23)C(=O)O)n1. The highest BCUT2D eigenvalue weighted by atomic mass is 35.5. The van der Waals surface area contributed by atoms with E-state index in [4.69, 9.17) is 42.1 Å². The van der Waals surface area contributed by atoms with Crippen molar-refractivity contribution in [2.45, 2.75) is 32.2 Å². The van der Waals surface area contributed by atoms with Gasteiger partial charge in [0.2, 0.25) is 12.0 Å². The van der Waals surface area contributed by atoms with Crippen LogP contribution in [0.1, 0.15) is 16.8 Å². The van der Waals surface area contributed by atoms with E-state index in [9.17, 15) is 24.5 Å². The van der Waals surface area contributed by atoms with Crippen LogP contribution in [0.3, 0.4) is 0 Å². The summed E-state index contributed by atoms with van der Waals surface area (Å²) in [5.41, 5.74) is 4.58. The van der Waals surface area contributed by atoms with E-state index in [2.05, 4.69) is 31.8 Å². The molecule has 1 saturated heterocycles. The third-order valence-corrected chi connectivity index (χ3v) is 12.3. The molecule has 7 aromatic rings. The van der Waals surface area contributed by atoms with Crippen molar-refractivity contribution in [3.63, 3.8) is 0 Å². The maximum atomic E-state index is 14.3. The fraction of sp³-hybridized carbons (Fsp3) is 0.265. The number of aromatic hydroxyl groups is 1. The minimum absolute atomic E-state index is 0.0112. The van der Waals surface area contributed by atoms with Crippen molar-refractivity contribution in [1.82, 2.24) is 29.2 Å². The fourth-order valence-corrected chi connectivity index (χ4v) is 8.54. The number of aliphatic hydroxyl groups excluding tert-OH is 1. The lowest BCUT2D eigenvalue weighted by Gasteiger charge is -2.34. The number of aliphatic carboxylic acids is 1. The summed E-state index contributed by atoms with van der Waals surface area (Å²) in [6, 6.07) is 22.8. The fourth-order valence-electron chi connectivity index (χ4n) is 7.99. The van der Waals surface area contributed by atoms with E-state index in [-0.39, 0.29) is 47.2 Å². The third kappa shape index (κ3) is 10.0. The zero-order valence-electron chi connectivity index (χ0n) is 36.3. The van der Waals surface area contributed by atoms with Crippen molar-refractivity contribution in [1.29, 1.82) is 0 Å². The predicted molar refractivity (Wildman–Crippen MR) is 248 cm³/mol. The van der Waals surface area contributed by atoms with Crippen LogP contribution in [0.5, 0.6) is 28.9 Å². The summed E-state index contributed by atoms with van der Waals surface area (Å²) in [6.45, 7) is 5.60. The van der Waals surface area contributed by atoms with Crippen molar-refractivity contribution in [3.05, 3.63) is 136 Å². The van der Waals surface area contributed by atoms with E-state index in [0.29, 0.717) is 74.0 Å². The second kappa shape index (κ2) is 20.4. The van der Waals surface area contributed by atoms with Gasteiger partial charge in [-0.1, -0.05) is 53.5 Å². The average Bonchev–Trinajstić information content (AvgIpc) is 3.62. The third-order valence-electron chi connectivity index (χ3n) is 11.5. The quantitative estimate of drug-likeness (QED) is 0.0801. The van der Waals surface area contributed by atoms with Gasteiger partial charge in [-0.15, -0.1) is 0 Å². The number of phenolic OH excluding ortho intramolecular Hbond substituents is 1. The van der Waals surface area contributed by atoms with Crippen molar-refractivity contribution < 1.29 is 43.5 Å². The second-order valence-corrected chi connectivity index (χ2v) is 16.6. The smallest absolute Gasteiger partial charge is 0.345 e. The summed E-state index contributed by atoms with van der Waals surface area (Å²) in [4.78, 5) is 31.2. The number of hydrogen-bond donors (Lipinski definition) is 3. The first kappa shape index (κ1) is 46.1. The molecular formula is C49H47Cl2FN6O8. The van der Waals surface area contributed by atoms with Crippen LogP contribution in [0, 0.1) is 12.7 Å². The normalized spacial score (nSPS) is 14.2. The van der Waals surface area contributed by atoms with E-state index in [1.165, 1.54) is 30.5 Å². The van der Waals surface area contributed by atoms with Gasteiger partial charge in [-0.3, -0.25) is 4.90 Å². The number of para-hydroxylation sites is 1. The first-order chi connectivity index (χ1) is 31.9. The largest absolute Gasteiger partial charge is 0.508 e. The molecule has 342 valence electrons. The van der Waals surface area contributed by atoms with E-state index in [1.807, 2.05) is 31.2 Å².